The van der Waals surface area contributed by atoms with Gasteiger partial charge < -0.3 is 4.74 Å². The van der Waals surface area contributed by atoms with E-state index in [0.717, 1.165) is 27.9 Å². The molecule has 124 valence electrons. The van der Waals surface area contributed by atoms with Gasteiger partial charge in [-0.15, -0.1) is 0 Å². The fourth-order valence-electron chi connectivity index (χ4n) is 3.43. The minimum Gasteiger partial charge on any atom is -0.497 e. The maximum absolute atomic E-state index is 6.12. The van der Waals surface area contributed by atoms with E-state index >= 15 is 0 Å². The van der Waals surface area contributed by atoms with Crippen LogP contribution in [-0.2, 0) is 0 Å². The minimum absolute atomic E-state index is 0.244. The van der Waals surface area contributed by atoms with Crippen molar-refractivity contribution in [3.63, 3.8) is 0 Å². The van der Waals surface area contributed by atoms with Crippen molar-refractivity contribution in [2.75, 3.05) is 7.11 Å². The number of halogens is 1. The molecule has 3 aromatic rings. The first-order valence-electron chi connectivity index (χ1n) is 8.30. The van der Waals surface area contributed by atoms with Crippen LogP contribution in [0.3, 0.4) is 0 Å². The average Bonchev–Trinajstić information content (AvgIpc) is 3.11. The monoisotopic (exact) mass is 342 g/mol. The van der Waals surface area contributed by atoms with Crippen LogP contribution < -0.4 is 4.74 Å². The number of ether oxygens (including phenoxy) is 1. The van der Waals surface area contributed by atoms with Crippen LogP contribution in [0.15, 0.2) is 30.6 Å². The van der Waals surface area contributed by atoms with Crippen LogP contribution in [-0.4, -0.2) is 26.9 Å². The van der Waals surface area contributed by atoms with Crippen molar-refractivity contribution in [3.05, 3.63) is 35.9 Å². The molecular formula is C18H19ClN4O. The molecule has 1 fully saturated rings. The van der Waals surface area contributed by atoms with Crippen molar-refractivity contribution in [2.45, 2.75) is 38.1 Å². The Balaban J connectivity index is 1.79. The van der Waals surface area contributed by atoms with Crippen LogP contribution in [0.4, 0.5) is 0 Å². The first kappa shape index (κ1) is 15.4. The number of aromatic nitrogens is 4. The number of fused-ring (bicyclic) bond motifs is 1. The van der Waals surface area contributed by atoms with Gasteiger partial charge >= 0.3 is 0 Å². The molecule has 1 aromatic carbocycles. The van der Waals surface area contributed by atoms with E-state index in [0.29, 0.717) is 6.04 Å². The van der Waals surface area contributed by atoms with Gasteiger partial charge in [0, 0.05) is 17.1 Å². The predicted octanol–water partition coefficient (Wildman–Crippen LogP) is 4.66. The molecule has 0 amide bonds. The highest BCUT2D eigenvalue weighted by Crippen LogP contribution is 2.32. The van der Waals surface area contributed by atoms with Gasteiger partial charge in [-0.1, -0.05) is 19.3 Å². The third-order valence-corrected chi connectivity index (χ3v) is 4.87. The molecule has 0 radical (unpaired) electrons. The zero-order valence-electron chi connectivity index (χ0n) is 13.6. The Morgan fingerprint density at radius 1 is 1.17 bits per heavy atom. The number of hydrogen-bond acceptors (Lipinski definition) is 4. The van der Waals surface area contributed by atoms with E-state index in [1.165, 1.54) is 32.1 Å². The number of methoxy groups -OCH3 is 1. The van der Waals surface area contributed by atoms with E-state index in [2.05, 4.69) is 25.9 Å². The summed E-state index contributed by atoms with van der Waals surface area (Å²) in [5.74, 6) is 0.773. The predicted molar refractivity (Wildman–Crippen MR) is 94.4 cm³/mol. The van der Waals surface area contributed by atoms with Crippen LogP contribution in [0, 0.1) is 0 Å². The zero-order chi connectivity index (χ0) is 16.5. The highest BCUT2D eigenvalue weighted by atomic mass is 35.5. The molecule has 0 unspecified atom stereocenters. The molecule has 1 aliphatic rings. The second-order valence-corrected chi connectivity index (χ2v) is 6.56. The van der Waals surface area contributed by atoms with Gasteiger partial charge in [-0.2, -0.15) is 5.10 Å². The molecule has 24 heavy (non-hydrogen) atoms. The normalized spacial score (nSPS) is 15.8. The number of nitrogens with zero attached hydrogens (tertiary/aromatic N) is 4. The summed E-state index contributed by atoms with van der Waals surface area (Å²) in [4.78, 5) is 8.76. The lowest BCUT2D eigenvalue weighted by atomic mass is 9.96. The quantitative estimate of drug-likeness (QED) is 0.649. The molecule has 0 aliphatic heterocycles. The van der Waals surface area contributed by atoms with Crippen LogP contribution in [0.2, 0.25) is 5.28 Å². The first-order chi connectivity index (χ1) is 11.7. The lowest BCUT2D eigenvalue weighted by Gasteiger charge is -2.21. The van der Waals surface area contributed by atoms with Crippen molar-refractivity contribution in [1.82, 2.24) is 19.7 Å². The molecule has 0 saturated heterocycles. The fourth-order valence-corrected chi connectivity index (χ4v) is 3.61. The second-order valence-electron chi connectivity index (χ2n) is 6.23. The maximum atomic E-state index is 6.12. The average molecular weight is 343 g/mol. The van der Waals surface area contributed by atoms with Gasteiger partial charge in [0.25, 0.3) is 0 Å². The summed E-state index contributed by atoms with van der Waals surface area (Å²) >= 11 is 6.12. The highest BCUT2D eigenvalue weighted by molar-refractivity contribution is 6.28. The standard InChI is InChI=1S/C18H19ClN4O/c1-24-14-7-8-16-15(9-14)17(22-18(19)21-16)12-10-20-23(11-12)13-5-3-2-4-6-13/h7-11,13H,2-6H2,1H3. The summed E-state index contributed by atoms with van der Waals surface area (Å²) in [6.07, 6.45) is 10.2. The van der Waals surface area contributed by atoms with Crippen molar-refractivity contribution in [2.24, 2.45) is 0 Å². The van der Waals surface area contributed by atoms with Crippen molar-refractivity contribution in [1.29, 1.82) is 0 Å². The molecule has 0 atom stereocenters. The van der Waals surface area contributed by atoms with Gasteiger partial charge in [0.2, 0.25) is 5.28 Å². The summed E-state index contributed by atoms with van der Waals surface area (Å²) < 4.78 is 7.41. The Morgan fingerprint density at radius 2 is 2.00 bits per heavy atom. The molecule has 1 aliphatic carbocycles. The minimum atomic E-state index is 0.244. The summed E-state index contributed by atoms with van der Waals surface area (Å²) in [6.45, 7) is 0. The van der Waals surface area contributed by atoms with Gasteiger partial charge in [0.05, 0.1) is 30.6 Å². The SMILES string of the molecule is COc1ccc2nc(Cl)nc(-c3cnn(C4CCCCC4)c3)c2c1. The number of benzene rings is 1. The van der Waals surface area contributed by atoms with E-state index < -0.39 is 0 Å². The third kappa shape index (κ3) is 2.84. The molecule has 0 N–H and O–H groups in total. The van der Waals surface area contributed by atoms with Gasteiger partial charge in [0.15, 0.2) is 0 Å². The lowest BCUT2D eigenvalue weighted by molar-refractivity contribution is 0.329. The number of hydrogen-bond donors (Lipinski definition) is 0. The highest BCUT2D eigenvalue weighted by Gasteiger charge is 2.18. The fraction of sp³-hybridized carbons (Fsp3) is 0.389. The van der Waals surface area contributed by atoms with Crippen molar-refractivity contribution >= 4 is 22.5 Å². The second kappa shape index (κ2) is 6.40. The maximum Gasteiger partial charge on any atom is 0.223 e. The Hall–Kier alpha value is -2.14. The summed E-state index contributed by atoms with van der Waals surface area (Å²) in [7, 11) is 1.65. The van der Waals surface area contributed by atoms with Crippen LogP contribution >= 0.6 is 11.6 Å². The smallest absolute Gasteiger partial charge is 0.223 e. The van der Waals surface area contributed by atoms with Gasteiger partial charge in [0.1, 0.15) is 5.75 Å². The lowest BCUT2D eigenvalue weighted by Crippen LogP contribution is -2.12. The largest absolute Gasteiger partial charge is 0.497 e. The van der Waals surface area contributed by atoms with Crippen LogP contribution in [0.5, 0.6) is 5.75 Å². The first-order valence-corrected chi connectivity index (χ1v) is 8.68. The number of rotatable bonds is 3. The van der Waals surface area contributed by atoms with E-state index in [1.54, 1.807) is 7.11 Å². The molecular weight excluding hydrogens is 324 g/mol. The van der Waals surface area contributed by atoms with Gasteiger partial charge in [-0.3, -0.25) is 4.68 Å². The van der Waals surface area contributed by atoms with Gasteiger partial charge in [-0.25, -0.2) is 9.97 Å². The molecule has 2 heterocycles. The Bertz CT molecular complexity index is 871. The summed E-state index contributed by atoms with van der Waals surface area (Å²) in [5.41, 5.74) is 2.56. The molecule has 2 aromatic heterocycles. The van der Waals surface area contributed by atoms with Crippen molar-refractivity contribution < 1.29 is 4.74 Å². The molecule has 1 saturated carbocycles. The Morgan fingerprint density at radius 3 is 2.79 bits per heavy atom. The third-order valence-electron chi connectivity index (χ3n) is 4.70. The van der Waals surface area contributed by atoms with Crippen LogP contribution in [0.1, 0.15) is 38.1 Å². The molecule has 4 rings (SSSR count). The Labute approximate surface area is 145 Å². The molecule has 0 bridgehead atoms. The molecule has 0 spiro atoms. The van der Waals surface area contributed by atoms with E-state index in [1.807, 2.05) is 24.4 Å². The van der Waals surface area contributed by atoms with E-state index in [4.69, 9.17) is 16.3 Å². The topological polar surface area (TPSA) is 52.8 Å². The molecule has 5 nitrogen and oxygen atoms in total. The van der Waals surface area contributed by atoms with E-state index in [-0.39, 0.29) is 5.28 Å². The zero-order valence-corrected chi connectivity index (χ0v) is 14.3. The van der Waals surface area contributed by atoms with Crippen LogP contribution in [0.25, 0.3) is 22.2 Å². The molecule has 6 heteroatoms. The Kier molecular flexibility index (Phi) is 4.10. The van der Waals surface area contributed by atoms with Crippen molar-refractivity contribution in [3.8, 4) is 17.0 Å². The summed E-state index contributed by atoms with van der Waals surface area (Å²) in [6, 6.07) is 6.21. The van der Waals surface area contributed by atoms with E-state index in [9.17, 15) is 0 Å². The van der Waals surface area contributed by atoms with Gasteiger partial charge in [-0.05, 0) is 42.6 Å². The summed E-state index contributed by atoms with van der Waals surface area (Å²) in [5, 5.41) is 5.74.